The van der Waals surface area contributed by atoms with E-state index in [-0.39, 0.29) is 35.0 Å². The van der Waals surface area contributed by atoms with Gasteiger partial charge >= 0.3 is 29.6 Å². The van der Waals surface area contributed by atoms with Crippen molar-refractivity contribution in [3.8, 4) is 11.3 Å². The van der Waals surface area contributed by atoms with Crippen LogP contribution in [0.1, 0.15) is 37.7 Å². The summed E-state index contributed by atoms with van der Waals surface area (Å²) in [4.78, 5) is 8.24. The first-order valence-corrected chi connectivity index (χ1v) is 8.51. The van der Waals surface area contributed by atoms with Gasteiger partial charge in [0, 0.05) is 11.0 Å². The zero-order chi connectivity index (χ0) is 16.0. The number of fused-ring (bicyclic) bond motifs is 2. The van der Waals surface area contributed by atoms with E-state index < -0.39 is 0 Å². The molecule has 1 aliphatic carbocycles. The molecule has 0 amide bonds. The largest absolute Gasteiger partial charge is 1.00 e. The fourth-order valence-electron chi connectivity index (χ4n) is 4.05. The summed E-state index contributed by atoms with van der Waals surface area (Å²) in [5.74, 6) is 0.660. The Morgan fingerprint density at radius 1 is 1.17 bits per heavy atom. The van der Waals surface area contributed by atoms with Gasteiger partial charge in [-0.2, -0.15) is 0 Å². The number of aliphatic imine (C=N–C) groups is 1. The molecule has 2 heterocycles. The maximum absolute atomic E-state index is 7.24. The molecule has 1 spiro atoms. The molecule has 1 aliphatic heterocycles. The molecule has 1 aromatic heterocycles. The van der Waals surface area contributed by atoms with Crippen LogP contribution in [-0.2, 0) is 25.1 Å². The van der Waals surface area contributed by atoms with Crippen molar-refractivity contribution in [2.45, 2.75) is 37.5 Å². The van der Waals surface area contributed by atoms with E-state index >= 15 is 0 Å². The average Bonchev–Trinajstić information content (AvgIpc) is 3.07. The van der Waals surface area contributed by atoms with Gasteiger partial charge in [-0.25, -0.2) is 0 Å². The average molecular weight is 343 g/mol. The molecule has 1 fully saturated rings. The third-order valence-corrected chi connectivity index (χ3v) is 5.84. The van der Waals surface area contributed by atoms with Crippen LogP contribution in [0.25, 0.3) is 16.1 Å². The van der Waals surface area contributed by atoms with Gasteiger partial charge in [-0.15, -0.1) is 0 Å². The predicted octanol–water partition coefficient (Wildman–Crippen LogP) is 2.04. The molecule has 1 saturated carbocycles. The molecule has 1 aromatic carbocycles. The molecule has 3 nitrogen and oxygen atoms in total. The number of nitrogens with zero attached hydrogens (tertiary/aromatic N) is 3. The van der Waals surface area contributed by atoms with Gasteiger partial charge in [-0.1, -0.05) is 30.9 Å². The van der Waals surface area contributed by atoms with Crippen molar-refractivity contribution in [3.05, 3.63) is 47.3 Å². The summed E-state index contributed by atoms with van der Waals surface area (Å²) in [5, 5.41) is 0.873. The van der Waals surface area contributed by atoms with Crippen LogP contribution in [0.3, 0.4) is 0 Å². The second-order valence-corrected chi connectivity index (χ2v) is 6.93. The Bertz CT molecular complexity index is 854. The van der Waals surface area contributed by atoms with E-state index in [2.05, 4.69) is 28.0 Å². The van der Waals surface area contributed by atoms with Crippen LogP contribution in [0.5, 0.6) is 0 Å². The quantitative estimate of drug-likeness (QED) is 0.441. The van der Waals surface area contributed by atoms with Gasteiger partial charge in [0.25, 0.3) is 0 Å². The second kappa shape index (κ2) is 6.65. The predicted molar refractivity (Wildman–Crippen MR) is 96.3 cm³/mol. The van der Waals surface area contributed by atoms with Crippen LogP contribution in [0.15, 0.2) is 35.3 Å². The Hall–Kier alpha value is -1.12. The molecule has 116 valence electrons. The summed E-state index contributed by atoms with van der Waals surface area (Å²) in [6.07, 6.45) is 5.99. The van der Waals surface area contributed by atoms with Crippen LogP contribution in [-0.4, -0.2) is 9.61 Å². The van der Waals surface area contributed by atoms with E-state index in [0.29, 0.717) is 5.82 Å². The van der Waals surface area contributed by atoms with E-state index in [0.717, 1.165) is 34.8 Å². The third kappa shape index (κ3) is 2.55. The Morgan fingerprint density at radius 3 is 2.58 bits per heavy atom. The van der Waals surface area contributed by atoms with Crippen molar-refractivity contribution < 1.29 is 29.6 Å². The Balaban J connectivity index is 0.00000169. The summed E-state index contributed by atoms with van der Waals surface area (Å²) in [6, 6.07) is 10.3. The molecule has 2 aromatic rings. The van der Waals surface area contributed by atoms with Crippen molar-refractivity contribution in [2.75, 3.05) is 0 Å². The molecule has 0 atom stereocenters. The summed E-state index contributed by atoms with van der Waals surface area (Å²) in [5.41, 5.74) is 4.53. The van der Waals surface area contributed by atoms with E-state index in [4.69, 9.17) is 19.2 Å². The van der Waals surface area contributed by atoms with E-state index in [1.807, 2.05) is 23.7 Å². The van der Waals surface area contributed by atoms with Crippen molar-refractivity contribution in [1.82, 2.24) is 4.57 Å². The van der Waals surface area contributed by atoms with Crippen LogP contribution in [0, 0.1) is 6.57 Å². The minimum atomic E-state index is -0.0211. The van der Waals surface area contributed by atoms with Crippen LogP contribution >= 0.6 is 0 Å². The number of benzene rings is 1. The Kier molecular flexibility index (Phi) is 4.90. The van der Waals surface area contributed by atoms with Crippen molar-refractivity contribution >= 4 is 29.2 Å². The molecule has 4 rings (SSSR count). The number of aromatic nitrogens is 1. The molecule has 2 aliphatic rings. The minimum Gasteiger partial charge on any atom is -0.764 e. The molecule has 5 heteroatoms. The van der Waals surface area contributed by atoms with Gasteiger partial charge in [-0.05, 0) is 48.7 Å². The van der Waals surface area contributed by atoms with E-state index in [1.54, 1.807) is 0 Å². The van der Waals surface area contributed by atoms with Crippen molar-refractivity contribution in [1.29, 1.82) is 0 Å². The smallest absolute Gasteiger partial charge is 0.764 e. The van der Waals surface area contributed by atoms with Crippen molar-refractivity contribution in [3.63, 3.8) is 0 Å². The van der Waals surface area contributed by atoms with Gasteiger partial charge in [-0.3, -0.25) is 9.56 Å². The number of rotatable bonds is 1. The summed E-state index contributed by atoms with van der Waals surface area (Å²) < 4.78 is 1.95. The zero-order valence-electron chi connectivity index (χ0n) is 14.2. The maximum atomic E-state index is 7.24. The first kappa shape index (κ1) is 17.7. The molecule has 0 saturated heterocycles. The fraction of sp³-hybridized carbons (Fsp3) is 0.368. The molecule has 0 N–H and O–H groups in total. The standard InChI is InChI=1S/C19H19N3S.Na/c1-20-17-9-8-16(22(17)2)13-6-7-15-14(12-13)19(18(23)21-15)10-4-3-5-11-19;/h6-9,12H,3-5,10-11H2,2H3,(H,21,23);/q;+1/p-1. The Morgan fingerprint density at radius 2 is 1.92 bits per heavy atom. The SMILES string of the molecule is [C-]#[N+]c1ccc(-c2ccc3c(c2)C2(CCCCC2)C([S-])=N3)n1C.[Na+]. The topological polar surface area (TPSA) is 21.6 Å². The van der Waals surface area contributed by atoms with Gasteiger partial charge in [0.15, 0.2) is 0 Å². The van der Waals surface area contributed by atoms with Crippen LogP contribution in [0.2, 0.25) is 0 Å². The van der Waals surface area contributed by atoms with E-state index in [1.165, 1.54) is 24.8 Å². The molecule has 0 unspecified atom stereocenters. The first-order valence-electron chi connectivity index (χ1n) is 8.10. The van der Waals surface area contributed by atoms with Gasteiger partial charge < -0.3 is 17.5 Å². The fourth-order valence-corrected chi connectivity index (χ4v) is 4.46. The summed E-state index contributed by atoms with van der Waals surface area (Å²) >= 11 is 5.65. The first-order chi connectivity index (χ1) is 11.2. The van der Waals surface area contributed by atoms with Gasteiger partial charge in [0.05, 0.1) is 12.7 Å². The second-order valence-electron chi connectivity index (χ2n) is 6.54. The van der Waals surface area contributed by atoms with Gasteiger partial charge in [0.1, 0.15) is 5.69 Å². The molecule has 0 bridgehead atoms. The summed E-state index contributed by atoms with van der Waals surface area (Å²) in [6.45, 7) is 7.24. The monoisotopic (exact) mass is 343 g/mol. The molecular formula is C19H18N3NaS. The third-order valence-electron chi connectivity index (χ3n) is 5.36. The van der Waals surface area contributed by atoms with Crippen molar-refractivity contribution in [2.24, 2.45) is 12.0 Å². The van der Waals surface area contributed by atoms with Crippen LogP contribution in [0.4, 0.5) is 11.5 Å². The molecular weight excluding hydrogens is 325 g/mol. The number of hydrogen-bond donors (Lipinski definition) is 0. The molecule has 0 radical (unpaired) electrons. The van der Waals surface area contributed by atoms with E-state index in [9.17, 15) is 0 Å². The molecule has 24 heavy (non-hydrogen) atoms. The Labute approximate surface area is 170 Å². The number of hydrogen-bond acceptors (Lipinski definition) is 2. The zero-order valence-corrected chi connectivity index (χ0v) is 17.0. The maximum Gasteiger partial charge on any atom is 1.00 e. The van der Waals surface area contributed by atoms with Gasteiger partial charge in [0.2, 0.25) is 5.82 Å². The summed E-state index contributed by atoms with van der Waals surface area (Å²) in [7, 11) is 1.95. The van der Waals surface area contributed by atoms with Crippen LogP contribution < -0.4 is 29.6 Å². The minimum absolute atomic E-state index is 0. The normalized spacial score (nSPS) is 17.8.